The molecular formula is C52H69BF2N7O11+. The van der Waals surface area contributed by atoms with Crippen molar-refractivity contribution < 1.29 is 65.9 Å². The SMILES string of the molecule is CCCCC1=CC(c2ccccc2)=[N+]2C1=Cc1c(C)cc(CCC(=O)NC(CCCC[N+](C)(C)C)C(=O)CCCN(C)CCOc3cc([N+](=O)[O-])c(C(C)OC(=O)ON4C(=O)CCC4=O)cc3CO)n1[B-]2(F)F. The number of carbonyl (C=O) groups excluding carboxylic acids is 5. The number of allylic oxidation sites excluding steroid dienone is 2. The molecule has 18 nitrogen and oxygen atoms in total. The van der Waals surface area contributed by atoms with Crippen LogP contribution < -0.4 is 10.1 Å². The molecule has 2 N–H and O–H groups in total. The van der Waals surface area contributed by atoms with E-state index >= 15 is 8.63 Å². The lowest BCUT2D eigenvalue weighted by Gasteiger charge is -2.31. The Morgan fingerprint density at radius 3 is 2.36 bits per heavy atom. The quantitative estimate of drug-likeness (QED) is 0.0147. The summed E-state index contributed by atoms with van der Waals surface area (Å²) in [5, 5.41) is 25.5. The van der Waals surface area contributed by atoms with Crippen LogP contribution >= 0.6 is 0 Å². The monoisotopic (exact) mass is 1020 g/mol. The predicted octanol–water partition coefficient (Wildman–Crippen LogP) is 7.34. The number of nitro benzene ring substituents is 1. The van der Waals surface area contributed by atoms with Gasteiger partial charge in [0.25, 0.3) is 17.5 Å². The minimum absolute atomic E-state index is 0.0250. The van der Waals surface area contributed by atoms with Crippen LogP contribution in [0.3, 0.4) is 0 Å². The average molecular weight is 1020 g/mol. The molecule has 0 radical (unpaired) electrons. The molecule has 6 rings (SSSR count). The number of amides is 3. The van der Waals surface area contributed by atoms with Gasteiger partial charge in [0.2, 0.25) is 5.91 Å². The maximum absolute atomic E-state index is 17.1. The Morgan fingerprint density at radius 2 is 1.70 bits per heavy atom. The molecule has 4 heterocycles. The van der Waals surface area contributed by atoms with Crippen molar-refractivity contribution in [2.45, 2.75) is 117 Å². The van der Waals surface area contributed by atoms with Crippen molar-refractivity contribution in [3.8, 4) is 5.75 Å². The Balaban J connectivity index is 1.05. The molecule has 1 aromatic heterocycles. The number of hydrogen-bond acceptors (Lipinski definition) is 12. The fourth-order valence-electron chi connectivity index (χ4n) is 9.43. The number of likely N-dealkylation sites (N-methyl/N-ethyl adjacent to an activating group) is 1. The van der Waals surface area contributed by atoms with E-state index in [-0.39, 0.29) is 66.4 Å². The van der Waals surface area contributed by atoms with Gasteiger partial charge in [-0.25, -0.2) is 4.79 Å². The number of hydroxylamine groups is 2. The highest BCUT2D eigenvalue weighted by molar-refractivity contribution is 6.58. The second kappa shape index (κ2) is 24.4. The molecule has 394 valence electrons. The number of aliphatic hydroxyl groups is 1. The molecule has 73 heavy (non-hydrogen) atoms. The van der Waals surface area contributed by atoms with Gasteiger partial charge in [-0.2, -0.15) is 0 Å². The molecule has 1 fully saturated rings. The first-order valence-corrected chi connectivity index (χ1v) is 25.1. The number of quaternary nitrogens is 1. The summed E-state index contributed by atoms with van der Waals surface area (Å²) in [7, 11) is 8.06. The first-order valence-electron chi connectivity index (χ1n) is 25.1. The maximum Gasteiger partial charge on any atom is 0.737 e. The lowest BCUT2D eigenvalue weighted by Crippen LogP contribution is -2.51. The molecule has 0 spiro atoms. The predicted molar refractivity (Wildman–Crippen MR) is 269 cm³/mol. The molecule has 0 bridgehead atoms. The zero-order valence-electron chi connectivity index (χ0n) is 43.0. The van der Waals surface area contributed by atoms with E-state index in [0.29, 0.717) is 72.7 Å². The molecule has 0 aliphatic carbocycles. The van der Waals surface area contributed by atoms with Gasteiger partial charge in [-0.3, -0.25) is 34.1 Å². The number of ketones is 1. The van der Waals surface area contributed by atoms with Crippen molar-refractivity contribution in [3.05, 3.63) is 110 Å². The molecule has 0 saturated carbocycles. The van der Waals surface area contributed by atoms with Gasteiger partial charge in [0.05, 0.1) is 56.9 Å². The van der Waals surface area contributed by atoms with E-state index in [0.717, 1.165) is 46.4 Å². The summed E-state index contributed by atoms with van der Waals surface area (Å²) >= 11 is 0. The maximum atomic E-state index is 17.1. The normalized spacial score (nSPS) is 16.0. The minimum atomic E-state index is -4.34. The number of fused-ring (bicyclic) bond motifs is 2. The molecule has 3 aliphatic heterocycles. The topological polar surface area (TPSA) is 203 Å². The first kappa shape index (κ1) is 55.7. The van der Waals surface area contributed by atoms with Crippen LogP contribution in [0.4, 0.5) is 19.1 Å². The zero-order valence-corrected chi connectivity index (χ0v) is 43.0. The van der Waals surface area contributed by atoms with Crippen LogP contribution in [0.25, 0.3) is 6.08 Å². The van der Waals surface area contributed by atoms with E-state index in [9.17, 15) is 39.2 Å². The average Bonchev–Trinajstić information content (AvgIpc) is 3.99. The molecule has 2 unspecified atom stereocenters. The molecule has 3 aliphatic rings. The second-order valence-electron chi connectivity index (χ2n) is 20.1. The highest BCUT2D eigenvalue weighted by Gasteiger charge is 2.54. The lowest BCUT2D eigenvalue weighted by atomic mass is 9.88. The smallest absolute Gasteiger partial charge is 0.492 e. The number of nitrogens with zero attached hydrogens (tertiary/aromatic N) is 6. The van der Waals surface area contributed by atoms with E-state index in [1.54, 1.807) is 6.07 Å². The number of nitrogens with one attached hydrogen (secondary N) is 1. The van der Waals surface area contributed by atoms with Crippen LogP contribution in [0.2, 0.25) is 0 Å². The third-order valence-electron chi connectivity index (χ3n) is 13.3. The van der Waals surface area contributed by atoms with Crippen LogP contribution in [-0.2, 0) is 41.8 Å². The number of unbranched alkanes of at least 4 members (excludes halogenated alkanes) is 2. The number of nitro groups is 1. The summed E-state index contributed by atoms with van der Waals surface area (Å²) in [5.41, 5.74) is 3.60. The van der Waals surface area contributed by atoms with Crippen molar-refractivity contribution in [3.63, 3.8) is 0 Å². The fourth-order valence-corrected chi connectivity index (χ4v) is 9.43. The molecule has 3 aromatic rings. The van der Waals surface area contributed by atoms with Gasteiger partial charge in [0, 0.05) is 66.8 Å². The van der Waals surface area contributed by atoms with E-state index < -0.39 is 60.2 Å². The molecule has 2 aromatic carbocycles. The first-order chi connectivity index (χ1) is 34.6. The summed E-state index contributed by atoms with van der Waals surface area (Å²) in [6.45, 7) is 2.01. The van der Waals surface area contributed by atoms with Crippen LogP contribution in [0.15, 0.2) is 65.9 Å². The summed E-state index contributed by atoms with van der Waals surface area (Å²) in [4.78, 5) is 81.6. The third-order valence-corrected chi connectivity index (χ3v) is 13.3. The van der Waals surface area contributed by atoms with Crippen LogP contribution in [0, 0.1) is 17.0 Å². The molecule has 2 atom stereocenters. The fraction of sp³-hybridized carbons (Fsp3) is 0.500. The number of aromatic nitrogens is 1. The molecule has 1 saturated heterocycles. The third kappa shape index (κ3) is 13.9. The van der Waals surface area contributed by atoms with Crippen molar-refractivity contribution in [1.82, 2.24) is 19.8 Å². The second-order valence-corrected chi connectivity index (χ2v) is 20.1. The van der Waals surface area contributed by atoms with Crippen molar-refractivity contribution in [2.24, 2.45) is 0 Å². The standard InChI is InChI=1S/C52H68BF2N7O11/c1-8-9-16-38-31-44(37-17-11-10-12-18-37)59-45(38)32-43-35(2)29-40(58(43)53(59,54)55)21-22-49(65)56-42(19-13-14-27-62(5,6)7)47(64)20-15-25-57(4)26-28-71-48-33-46(61(69)70)41(30-39(48)34-63)36(3)72-52(68)73-60-50(66)23-24-51(60)67/h10-12,17-18,29-33,36,42,63H,8-9,13-16,19-28,34H2,1-7H3/p+1. The van der Waals surface area contributed by atoms with Crippen LogP contribution in [0.1, 0.15) is 124 Å². The van der Waals surface area contributed by atoms with Crippen LogP contribution in [-0.4, -0.2) is 136 Å². The Labute approximate surface area is 425 Å². The van der Waals surface area contributed by atoms with E-state index in [2.05, 4.69) is 33.4 Å². The number of benzene rings is 2. The van der Waals surface area contributed by atoms with Gasteiger partial charge < -0.3 is 46.9 Å². The lowest BCUT2D eigenvalue weighted by molar-refractivity contribution is -0.870. The number of imide groups is 1. The summed E-state index contributed by atoms with van der Waals surface area (Å²) < 4.78 is 48.3. The number of rotatable bonds is 27. The van der Waals surface area contributed by atoms with Crippen molar-refractivity contribution >= 4 is 54.1 Å². The van der Waals surface area contributed by atoms with E-state index in [1.165, 1.54) is 17.5 Å². The Bertz CT molecular complexity index is 2650. The van der Waals surface area contributed by atoms with Crippen molar-refractivity contribution in [1.29, 1.82) is 0 Å². The number of ether oxygens (including phenoxy) is 2. The van der Waals surface area contributed by atoms with Gasteiger partial charge in [-0.1, -0.05) is 36.6 Å². The Hall–Kier alpha value is -6.58. The van der Waals surface area contributed by atoms with Gasteiger partial charge >= 0.3 is 13.1 Å². The van der Waals surface area contributed by atoms with Gasteiger partial charge in [-0.15, -0.1) is 0 Å². The van der Waals surface area contributed by atoms with Gasteiger partial charge in [0.1, 0.15) is 18.5 Å². The summed E-state index contributed by atoms with van der Waals surface area (Å²) in [6.07, 6.45) is 5.74. The number of Topliss-reactive ketones (excluding diaryl/α,β-unsaturated/α-hetero) is 1. The number of hydrogen-bond donors (Lipinski definition) is 2. The highest BCUT2D eigenvalue weighted by Crippen LogP contribution is 2.40. The number of aryl methyl sites for hydroxylation is 2. The number of aliphatic hydroxyl groups excluding tert-OH is 1. The minimum Gasteiger partial charge on any atom is -0.492 e. The number of carbonyl (C=O) groups is 5. The van der Waals surface area contributed by atoms with E-state index in [1.807, 2.05) is 61.4 Å². The molecule has 3 amide bonds. The van der Waals surface area contributed by atoms with E-state index in [4.69, 9.17) is 14.3 Å². The molecule has 21 heteroatoms. The highest BCUT2D eigenvalue weighted by atomic mass is 19.2. The Morgan fingerprint density at radius 1 is 0.986 bits per heavy atom. The molecular weight excluding hydrogens is 947 g/mol. The number of halogens is 2. The van der Waals surface area contributed by atoms with Crippen molar-refractivity contribution in [2.75, 3.05) is 54.4 Å². The zero-order chi connectivity index (χ0) is 53.2. The Kier molecular flexibility index (Phi) is 18.7. The van der Waals surface area contributed by atoms with Crippen LogP contribution in [0.5, 0.6) is 5.75 Å². The largest absolute Gasteiger partial charge is 0.737 e. The van der Waals surface area contributed by atoms with Gasteiger partial charge in [0.15, 0.2) is 17.2 Å². The van der Waals surface area contributed by atoms with Gasteiger partial charge in [-0.05, 0) is 108 Å². The summed E-state index contributed by atoms with van der Waals surface area (Å²) in [5.74, 6) is -1.96. The summed E-state index contributed by atoms with van der Waals surface area (Å²) in [6, 6.07) is 12.6.